The molecule has 19 heavy (non-hydrogen) atoms. The Balaban J connectivity index is 2.11. The number of hydrogen-bond donors (Lipinski definition) is 1. The van der Waals surface area contributed by atoms with Gasteiger partial charge in [-0.2, -0.15) is 13.2 Å². The first-order valence-corrected chi connectivity index (χ1v) is 6.08. The lowest BCUT2D eigenvalue weighted by Gasteiger charge is -2.05. The van der Waals surface area contributed by atoms with E-state index in [2.05, 4.69) is 9.97 Å². The van der Waals surface area contributed by atoms with Crippen molar-refractivity contribution in [2.24, 2.45) is 0 Å². The molecule has 102 valence electrons. The van der Waals surface area contributed by atoms with Gasteiger partial charge in [0.15, 0.2) is 11.4 Å². The van der Waals surface area contributed by atoms with Gasteiger partial charge in [0.2, 0.25) is 5.43 Å². The van der Waals surface area contributed by atoms with Crippen LogP contribution in [0.5, 0.6) is 5.75 Å². The predicted molar refractivity (Wildman–Crippen MR) is 63.2 cm³/mol. The van der Waals surface area contributed by atoms with Gasteiger partial charge in [-0.3, -0.25) is 4.79 Å². The van der Waals surface area contributed by atoms with Gasteiger partial charge in [-0.15, -0.1) is 11.3 Å². The molecule has 2 aromatic rings. The molecular formula is C11H9F3N2O2S. The van der Waals surface area contributed by atoms with Crippen molar-refractivity contribution < 1.29 is 17.9 Å². The number of thiazole rings is 1. The number of hydrogen-bond acceptors (Lipinski definition) is 4. The van der Waals surface area contributed by atoms with E-state index in [-0.39, 0.29) is 22.8 Å². The van der Waals surface area contributed by atoms with Crippen LogP contribution in [0.4, 0.5) is 13.2 Å². The Bertz CT molecular complexity index is 633. The van der Waals surface area contributed by atoms with Crippen LogP contribution in [0, 0.1) is 6.92 Å². The van der Waals surface area contributed by atoms with E-state index in [0.29, 0.717) is 5.69 Å². The third-order valence-electron chi connectivity index (χ3n) is 2.28. The van der Waals surface area contributed by atoms with E-state index in [1.165, 1.54) is 12.3 Å². The first-order chi connectivity index (χ1) is 8.88. The number of pyridine rings is 1. The number of H-pyrrole nitrogens is 1. The maximum atomic E-state index is 12.3. The van der Waals surface area contributed by atoms with Crippen LogP contribution in [-0.2, 0) is 12.8 Å². The standard InChI is InChI=1S/C11H9F3N2O2S/c1-6-10(7(17)2-3-15-6)18-4-9-16-8(5-19-9)11(12,13)14/h2-3,5H,4H2,1H3,(H,15,17). The molecule has 1 N–H and O–H groups in total. The monoisotopic (exact) mass is 290 g/mol. The van der Waals surface area contributed by atoms with Crippen LogP contribution in [0.2, 0.25) is 0 Å². The number of nitrogens with zero attached hydrogens (tertiary/aromatic N) is 1. The fourth-order valence-corrected chi connectivity index (χ4v) is 2.10. The summed E-state index contributed by atoms with van der Waals surface area (Å²) in [4.78, 5) is 17.7. The Morgan fingerprint density at radius 2 is 2.21 bits per heavy atom. The molecular weight excluding hydrogens is 281 g/mol. The summed E-state index contributed by atoms with van der Waals surface area (Å²) in [5.74, 6) is 0.0891. The number of nitrogens with one attached hydrogen (secondary N) is 1. The second-order valence-electron chi connectivity index (χ2n) is 3.71. The SMILES string of the molecule is Cc1[nH]ccc(=O)c1OCc1nc(C(F)(F)F)cs1. The minimum Gasteiger partial charge on any atom is -0.480 e. The van der Waals surface area contributed by atoms with E-state index in [1.54, 1.807) is 6.92 Å². The fourth-order valence-electron chi connectivity index (χ4n) is 1.39. The number of alkyl halides is 3. The van der Waals surface area contributed by atoms with E-state index in [9.17, 15) is 18.0 Å². The van der Waals surface area contributed by atoms with Crippen molar-refractivity contribution >= 4 is 11.3 Å². The third kappa shape index (κ3) is 3.14. The molecule has 0 fully saturated rings. The third-order valence-corrected chi connectivity index (χ3v) is 3.10. The molecule has 0 aliphatic heterocycles. The molecule has 0 aromatic carbocycles. The number of ether oxygens (including phenoxy) is 1. The van der Waals surface area contributed by atoms with Gasteiger partial charge in [0, 0.05) is 17.6 Å². The van der Waals surface area contributed by atoms with E-state index < -0.39 is 11.9 Å². The van der Waals surface area contributed by atoms with Crippen molar-refractivity contribution in [2.45, 2.75) is 19.7 Å². The highest BCUT2D eigenvalue weighted by molar-refractivity contribution is 7.09. The first kappa shape index (κ1) is 13.6. The Morgan fingerprint density at radius 3 is 2.79 bits per heavy atom. The van der Waals surface area contributed by atoms with E-state index in [0.717, 1.165) is 16.7 Å². The highest BCUT2D eigenvalue weighted by Gasteiger charge is 2.33. The summed E-state index contributed by atoms with van der Waals surface area (Å²) < 4.78 is 42.2. The summed E-state index contributed by atoms with van der Waals surface area (Å²) in [7, 11) is 0. The van der Waals surface area contributed by atoms with Crippen LogP contribution in [0.15, 0.2) is 22.4 Å². The van der Waals surface area contributed by atoms with Crippen molar-refractivity contribution in [3.05, 3.63) is 44.3 Å². The van der Waals surface area contributed by atoms with Crippen LogP contribution in [0.3, 0.4) is 0 Å². The Hall–Kier alpha value is -1.83. The number of aromatic nitrogens is 2. The molecule has 2 rings (SSSR count). The van der Waals surface area contributed by atoms with Crippen LogP contribution in [-0.4, -0.2) is 9.97 Å². The molecule has 2 aromatic heterocycles. The largest absolute Gasteiger partial charge is 0.480 e. The molecule has 0 spiro atoms. The molecule has 0 aliphatic carbocycles. The van der Waals surface area contributed by atoms with Crippen molar-refractivity contribution in [3.63, 3.8) is 0 Å². The zero-order chi connectivity index (χ0) is 14.0. The molecule has 0 aliphatic rings. The summed E-state index contributed by atoms with van der Waals surface area (Å²) in [6, 6.07) is 1.28. The van der Waals surface area contributed by atoms with Gasteiger partial charge in [-0.25, -0.2) is 4.98 Å². The topological polar surface area (TPSA) is 55.0 Å². The average Bonchev–Trinajstić information content (AvgIpc) is 2.77. The first-order valence-electron chi connectivity index (χ1n) is 5.20. The lowest BCUT2D eigenvalue weighted by molar-refractivity contribution is -0.140. The Kier molecular flexibility index (Phi) is 3.61. The normalized spacial score (nSPS) is 11.6. The molecule has 8 heteroatoms. The molecule has 4 nitrogen and oxygen atoms in total. The van der Waals surface area contributed by atoms with Gasteiger partial charge in [0.1, 0.15) is 11.6 Å². The molecule has 2 heterocycles. The van der Waals surface area contributed by atoms with Crippen LogP contribution < -0.4 is 10.2 Å². The molecule has 0 saturated heterocycles. The zero-order valence-electron chi connectivity index (χ0n) is 9.75. The van der Waals surface area contributed by atoms with Gasteiger partial charge in [-0.05, 0) is 6.92 Å². The maximum Gasteiger partial charge on any atom is 0.434 e. The number of rotatable bonds is 3. The molecule has 0 unspecified atom stereocenters. The fraction of sp³-hybridized carbons (Fsp3) is 0.273. The summed E-state index contributed by atoms with van der Waals surface area (Å²) >= 11 is 0.839. The minimum atomic E-state index is -4.46. The van der Waals surface area contributed by atoms with E-state index in [1.807, 2.05) is 0 Å². The molecule has 0 bridgehead atoms. The summed E-state index contributed by atoms with van der Waals surface area (Å²) in [5, 5.41) is 1.08. The number of aryl methyl sites for hydroxylation is 1. The molecule has 0 saturated carbocycles. The van der Waals surface area contributed by atoms with Gasteiger partial charge in [-0.1, -0.05) is 0 Å². The van der Waals surface area contributed by atoms with Crippen molar-refractivity contribution in [1.82, 2.24) is 9.97 Å². The lowest BCUT2D eigenvalue weighted by atomic mass is 10.3. The lowest BCUT2D eigenvalue weighted by Crippen LogP contribution is -2.10. The second-order valence-corrected chi connectivity index (χ2v) is 4.65. The quantitative estimate of drug-likeness (QED) is 0.945. The van der Waals surface area contributed by atoms with Gasteiger partial charge < -0.3 is 9.72 Å². The minimum absolute atomic E-state index is 0.0891. The second kappa shape index (κ2) is 5.04. The van der Waals surface area contributed by atoms with Gasteiger partial charge in [0.05, 0.1) is 5.69 Å². The summed E-state index contributed by atoms with van der Waals surface area (Å²) in [5.41, 5.74) is -0.765. The van der Waals surface area contributed by atoms with Crippen molar-refractivity contribution in [1.29, 1.82) is 0 Å². The van der Waals surface area contributed by atoms with Crippen molar-refractivity contribution in [3.8, 4) is 5.75 Å². The highest BCUT2D eigenvalue weighted by atomic mass is 32.1. The predicted octanol–water partition coefficient (Wildman–Crippen LogP) is 2.74. The van der Waals surface area contributed by atoms with Crippen LogP contribution in [0.25, 0.3) is 0 Å². The summed E-state index contributed by atoms with van der Waals surface area (Å²) in [6.07, 6.45) is -3.00. The molecule has 0 amide bonds. The van der Waals surface area contributed by atoms with Crippen molar-refractivity contribution in [2.75, 3.05) is 0 Å². The number of aromatic amines is 1. The van der Waals surface area contributed by atoms with Crippen LogP contribution in [0.1, 0.15) is 16.4 Å². The van der Waals surface area contributed by atoms with E-state index >= 15 is 0 Å². The smallest absolute Gasteiger partial charge is 0.434 e. The summed E-state index contributed by atoms with van der Waals surface area (Å²) in [6.45, 7) is 1.47. The van der Waals surface area contributed by atoms with Crippen LogP contribution >= 0.6 is 11.3 Å². The average molecular weight is 290 g/mol. The number of halogens is 3. The highest BCUT2D eigenvalue weighted by Crippen LogP contribution is 2.30. The zero-order valence-corrected chi connectivity index (χ0v) is 10.6. The Labute approximate surface area is 109 Å². The Morgan fingerprint density at radius 1 is 1.47 bits per heavy atom. The molecule has 0 radical (unpaired) electrons. The van der Waals surface area contributed by atoms with Gasteiger partial charge >= 0.3 is 6.18 Å². The van der Waals surface area contributed by atoms with Gasteiger partial charge in [0.25, 0.3) is 0 Å². The molecule has 0 atom stereocenters. The van der Waals surface area contributed by atoms with E-state index in [4.69, 9.17) is 4.74 Å². The maximum absolute atomic E-state index is 12.3.